The lowest BCUT2D eigenvalue weighted by molar-refractivity contribution is -0.290. The molecule has 0 spiro atoms. The Morgan fingerprint density at radius 2 is 1.45 bits per heavy atom. The second-order valence-corrected chi connectivity index (χ2v) is 16.6. The lowest BCUT2D eigenvalue weighted by Crippen LogP contribution is -2.73. The van der Waals surface area contributed by atoms with Crippen molar-refractivity contribution in [3.05, 3.63) is 24.8 Å². The normalized spacial score (nSPS) is 51.0. The van der Waals surface area contributed by atoms with Crippen LogP contribution < -0.4 is 0 Å². The number of fused-ring (bicyclic) bond motifs is 7. The molecule has 5 aliphatic rings. The second kappa shape index (κ2) is 9.78. The number of hydrogen-bond donors (Lipinski definition) is 2. The van der Waals surface area contributed by atoms with Gasteiger partial charge < -0.3 is 10.2 Å². The molecule has 0 saturated heterocycles. The van der Waals surface area contributed by atoms with Crippen LogP contribution in [0.2, 0.25) is 0 Å². The molecule has 0 aliphatic heterocycles. The molecule has 2 N–H and O–H groups in total. The van der Waals surface area contributed by atoms with E-state index in [1.165, 1.54) is 44.9 Å². The SMILES string of the molecule is C[C@@H]1[C@H]2[C@H]3CC[C@@H]4[C@]5(C)[C@@H](CC[C@@]4(C)[C@]3(C)CC[C@@]2(C)CC[C@H]1C)C(C)(C)CCC5(O)C(=O)O.c1cncnc1. The molecule has 1 aromatic rings. The summed E-state index contributed by atoms with van der Waals surface area (Å²) < 4.78 is 0. The molecule has 5 heteroatoms. The Labute approximate surface area is 243 Å². The van der Waals surface area contributed by atoms with Crippen molar-refractivity contribution in [2.75, 3.05) is 0 Å². The molecule has 5 nitrogen and oxygen atoms in total. The van der Waals surface area contributed by atoms with Gasteiger partial charge in [-0.05, 0) is 127 Å². The molecule has 5 fully saturated rings. The van der Waals surface area contributed by atoms with Gasteiger partial charge in [0, 0.05) is 17.8 Å². The summed E-state index contributed by atoms with van der Waals surface area (Å²) in [5, 5.41) is 22.4. The molecule has 11 atom stereocenters. The Balaban J connectivity index is 0.000000477. The summed E-state index contributed by atoms with van der Waals surface area (Å²) in [5.74, 6) is 2.62. The van der Waals surface area contributed by atoms with Crippen molar-refractivity contribution in [2.24, 2.45) is 62.6 Å². The van der Waals surface area contributed by atoms with Crippen LogP contribution in [0.15, 0.2) is 24.8 Å². The fourth-order valence-electron chi connectivity index (χ4n) is 12.2. The van der Waals surface area contributed by atoms with Gasteiger partial charge >= 0.3 is 5.97 Å². The first-order valence-corrected chi connectivity index (χ1v) is 16.2. The number of carboxylic acid groups (broad SMARTS) is 1. The van der Waals surface area contributed by atoms with Crippen LogP contribution in [0.4, 0.5) is 0 Å². The summed E-state index contributed by atoms with van der Waals surface area (Å²) in [7, 11) is 0. The second-order valence-electron chi connectivity index (χ2n) is 16.6. The topological polar surface area (TPSA) is 83.3 Å². The van der Waals surface area contributed by atoms with E-state index in [2.05, 4.69) is 65.4 Å². The van der Waals surface area contributed by atoms with E-state index < -0.39 is 17.0 Å². The van der Waals surface area contributed by atoms with Gasteiger partial charge in [-0.3, -0.25) is 0 Å². The Kier molecular flexibility index (Phi) is 7.33. The number of aliphatic carboxylic acids is 1. The fourth-order valence-corrected chi connectivity index (χ4v) is 12.2. The smallest absolute Gasteiger partial charge is 0.336 e. The molecule has 6 rings (SSSR count). The molecule has 1 unspecified atom stereocenters. The van der Waals surface area contributed by atoms with Crippen molar-refractivity contribution >= 4 is 5.97 Å². The van der Waals surface area contributed by atoms with E-state index in [9.17, 15) is 15.0 Å². The standard InChI is InChI=1S/C31H52O3.C4H4N2/c1-19-11-13-27(5)16-17-28(6)21(24(27)20(19)2)9-10-23-29(28,7)14-12-22-26(3,4)15-18-31(34,25(32)33)30(22,23)8;1-2-5-4-6-3-1/h19-24,34H,9-18H2,1-8H3,(H,32,33);1-4H/t19-,20+,21-,22+,23+,24+,27-,28-,29-,30+,31?;/m1./s1. The van der Waals surface area contributed by atoms with Gasteiger partial charge in [0.1, 0.15) is 6.33 Å². The number of nitrogens with zero attached hydrogens (tertiary/aromatic N) is 2. The molecule has 40 heavy (non-hydrogen) atoms. The van der Waals surface area contributed by atoms with E-state index in [0.717, 1.165) is 42.9 Å². The molecule has 5 aliphatic carbocycles. The quantitative estimate of drug-likeness (QED) is 0.368. The third kappa shape index (κ3) is 3.98. The van der Waals surface area contributed by atoms with Gasteiger partial charge in [-0.2, -0.15) is 0 Å². The summed E-state index contributed by atoms with van der Waals surface area (Å²) >= 11 is 0. The highest BCUT2D eigenvalue weighted by molar-refractivity contribution is 5.79. The number of rotatable bonds is 1. The molecule has 0 radical (unpaired) electrons. The van der Waals surface area contributed by atoms with Crippen LogP contribution in [0, 0.1) is 62.6 Å². The summed E-state index contributed by atoms with van der Waals surface area (Å²) in [4.78, 5) is 20.1. The number of carboxylic acids is 1. The fraction of sp³-hybridized carbons (Fsp3) is 0.857. The van der Waals surface area contributed by atoms with Gasteiger partial charge in [0.05, 0.1) is 0 Å². The number of hydrogen-bond acceptors (Lipinski definition) is 4. The maximum atomic E-state index is 12.7. The van der Waals surface area contributed by atoms with Gasteiger partial charge in [-0.25, -0.2) is 14.8 Å². The Morgan fingerprint density at radius 3 is 2.02 bits per heavy atom. The van der Waals surface area contributed by atoms with Crippen LogP contribution in [0.5, 0.6) is 0 Å². The van der Waals surface area contributed by atoms with Gasteiger partial charge in [0.2, 0.25) is 0 Å². The lowest BCUT2D eigenvalue weighted by Gasteiger charge is -2.75. The molecular weight excluding hydrogens is 496 g/mol. The monoisotopic (exact) mass is 552 g/mol. The molecule has 0 bridgehead atoms. The first-order chi connectivity index (χ1) is 18.6. The zero-order valence-corrected chi connectivity index (χ0v) is 26.5. The highest BCUT2D eigenvalue weighted by Gasteiger charge is 2.74. The van der Waals surface area contributed by atoms with Crippen LogP contribution in [0.1, 0.15) is 120 Å². The van der Waals surface area contributed by atoms with Crippen LogP contribution >= 0.6 is 0 Å². The van der Waals surface area contributed by atoms with Gasteiger partial charge in [-0.15, -0.1) is 0 Å². The zero-order valence-electron chi connectivity index (χ0n) is 26.5. The molecule has 224 valence electrons. The third-order valence-corrected chi connectivity index (χ3v) is 14.9. The maximum absolute atomic E-state index is 12.7. The van der Waals surface area contributed by atoms with Crippen LogP contribution in [-0.2, 0) is 4.79 Å². The van der Waals surface area contributed by atoms with Crippen LogP contribution in [-0.4, -0.2) is 31.8 Å². The van der Waals surface area contributed by atoms with Crippen molar-refractivity contribution in [2.45, 2.75) is 125 Å². The largest absolute Gasteiger partial charge is 0.479 e. The van der Waals surface area contributed by atoms with E-state index in [-0.39, 0.29) is 28.1 Å². The van der Waals surface area contributed by atoms with Crippen molar-refractivity contribution in [3.63, 3.8) is 0 Å². The first kappa shape index (κ1) is 30.0. The first-order valence-electron chi connectivity index (χ1n) is 16.2. The molecule has 5 saturated carbocycles. The van der Waals surface area contributed by atoms with E-state index in [1.54, 1.807) is 18.5 Å². The van der Waals surface area contributed by atoms with E-state index in [1.807, 2.05) is 0 Å². The van der Waals surface area contributed by atoms with Gasteiger partial charge in [-0.1, -0.05) is 55.4 Å². The Morgan fingerprint density at radius 1 is 0.775 bits per heavy atom. The molecule has 0 amide bonds. The minimum Gasteiger partial charge on any atom is -0.479 e. The summed E-state index contributed by atoms with van der Waals surface area (Å²) in [6.07, 6.45) is 16.0. The number of aromatic nitrogens is 2. The molecule has 0 aromatic carbocycles. The molecule has 1 heterocycles. The Bertz CT molecular complexity index is 1070. The highest BCUT2D eigenvalue weighted by Crippen LogP contribution is 2.78. The third-order valence-electron chi connectivity index (χ3n) is 14.9. The van der Waals surface area contributed by atoms with Crippen molar-refractivity contribution < 1.29 is 15.0 Å². The Hall–Kier alpha value is -1.49. The zero-order chi connectivity index (χ0) is 29.4. The van der Waals surface area contributed by atoms with Crippen LogP contribution in [0.25, 0.3) is 0 Å². The lowest BCUT2D eigenvalue weighted by atomic mass is 9.30. The number of aliphatic hydroxyl groups is 1. The maximum Gasteiger partial charge on any atom is 0.336 e. The van der Waals surface area contributed by atoms with Crippen molar-refractivity contribution in [1.82, 2.24) is 9.97 Å². The van der Waals surface area contributed by atoms with Crippen molar-refractivity contribution in [3.8, 4) is 0 Å². The van der Waals surface area contributed by atoms with E-state index in [4.69, 9.17) is 0 Å². The predicted molar refractivity (Wildman–Crippen MR) is 159 cm³/mol. The van der Waals surface area contributed by atoms with Crippen LogP contribution in [0.3, 0.4) is 0 Å². The predicted octanol–water partition coefficient (Wildman–Crippen LogP) is 8.04. The van der Waals surface area contributed by atoms with Gasteiger partial charge in [0.15, 0.2) is 5.60 Å². The highest BCUT2D eigenvalue weighted by atomic mass is 16.4. The summed E-state index contributed by atoms with van der Waals surface area (Å²) in [6.45, 7) is 19.6. The summed E-state index contributed by atoms with van der Waals surface area (Å²) in [5.41, 5.74) is -1.34. The van der Waals surface area contributed by atoms with Gasteiger partial charge in [0.25, 0.3) is 0 Å². The average molecular weight is 553 g/mol. The average Bonchev–Trinajstić information content (AvgIpc) is 2.91. The molecule has 1 aromatic heterocycles. The van der Waals surface area contributed by atoms with E-state index >= 15 is 0 Å². The van der Waals surface area contributed by atoms with Crippen molar-refractivity contribution in [1.29, 1.82) is 0 Å². The minimum absolute atomic E-state index is 0.0773. The number of carbonyl (C=O) groups is 1. The molecular formula is C35H56N2O3. The minimum atomic E-state index is -1.61. The summed E-state index contributed by atoms with van der Waals surface area (Å²) in [6, 6.07) is 1.78. The van der Waals surface area contributed by atoms with E-state index in [0.29, 0.717) is 11.8 Å².